The largest absolute Gasteiger partial charge is 0.495 e. The fourth-order valence-corrected chi connectivity index (χ4v) is 10.4. The highest BCUT2D eigenvalue weighted by Gasteiger charge is 2.63. The predicted molar refractivity (Wildman–Crippen MR) is 251 cm³/mol. The van der Waals surface area contributed by atoms with Gasteiger partial charge in [0.05, 0.1) is 24.9 Å². The Kier molecular flexibility index (Phi) is 14.1. The van der Waals surface area contributed by atoms with Crippen molar-refractivity contribution in [3.05, 3.63) is 71.1 Å². The van der Waals surface area contributed by atoms with Crippen LogP contribution in [0.2, 0.25) is 5.02 Å². The van der Waals surface area contributed by atoms with Crippen LogP contribution in [0.5, 0.6) is 17.2 Å². The van der Waals surface area contributed by atoms with Gasteiger partial charge in [0.15, 0.2) is 5.13 Å². The second kappa shape index (κ2) is 19.3. The number of para-hydroxylation sites is 1. The van der Waals surface area contributed by atoms with E-state index in [2.05, 4.69) is 22.5 Å². The number of pyridine rings is 1. The van der Waals surface area contributed by atoms with E-state index in [1.807, 2.05) is 23.9 Å². The predicted octanol–water partition coefficient (Wildman–Crippen LogP) is 7.16. The third kappa shape index (κ3) is 10.8. The Balaban J connectivity index is 1.22. The van der Waals surface area contributed by atoms with Crippen LogP contribution in [-0.2, 0) is 29.4 Å². The minimum Gasteiger partial charge on any atom is -0.495 e. The molecule has 2 aliphatic carbocycles. The number of ether oxygens (including phenoxy) is 3. The standard InChI is InChI=1S/C46H56ClN7O10S2/c1-25(2)31-22-46(31,42(57)53-66(59,60)64-28-16-10-9-11-17-28)52-40(55)34-20-29(23-54(34)41(56)39(45(5,6)7)51-44(58)63-27-14-12-13-15-27)62-36-21-32(33-24-65-43(50-33)48-26(3)4)49-38-30(36)18-19-35(61-8)37(38)47/h9-11,16-19,21,24,26-27,29,31,34,39H,1,12-15,20,22-23H2,2-8H3,(H,48,50)(H,51,58)(H,52,55)(H,53,57)/t29-,31+,34+,39-,46-/m1/s1. The Morgan fingerprint density at radius 1 is 1.00 bits per heavy atom. The van der Waals surface area contributed by atoms with Crippen LogP contribution in [0, 0.1) is 11.3 Å². The highest BCUT2D eigenvalue weighted by atomic mass is 35.5. The number of hydrogen-bond donors (Lipinski definition) is 4. The van der Waals surface area contributed by atoms with Crippen molar-refractivity contribution < 1.29 is 46.0 Å². The molecule has 2 aromatic heterocycles. The average molecular weight is 967 g/mol. The molecule has 1 aliphatic heterocycles. The molecular formula is C46H56ClN7O10S2. The highest BCUT2D eigenvalue weighted by Crippen LogP contribution is 2.49. The first kappa shape index (κ1) is 48.3. The Morgan fingerprint density at radius 2 is 1.71 bits per heavy atom. The minimum atomic E-state index is -4.70. The second-order valence-electron chi connectivity index (χ2n) is 18.4. The van der Waals surface area contributed by atoms with Crippen LogP contribution in [0.3, 0.4) is 0 Å². The summed E-state index contributed by atoms with van der Waals surface area (Å²) in [4.78, 5) is 68.0. The summed E-state index contributed by atoms with van der Waals surface area (Å²) in [6, 6.07) is 10.5. The number of nitrogens with zero attached hydrogens (tertiary/aromatic N) is 3. The number of aromatic nitrogens is 2. The first-order valence-electron chi connectivity index (χ1n) is 21.8. The summed E-state index contributed by atoms with van der Waals surface area (Å²) < 4.78 is 51.3. The molecule has 3 heterocycles. The maximum Gasteiger partial charge on any atom is 0.409 e. The van der Waals surface area contributed by atoms with Crippen LogP contribution < -0.4 is 34.3 Å². The SMILES string of the molecule is C=C(C)[C@@H]1C[C@]1(NC(=O)[C@@H]1C[C@@H](Oc2cc(-c3csc(NC(C)C)n3)nc3c(Cl)c(OC)ccc23)CN1C(=O)[C@@H](NC(=O)OC1CCCC1)C(C)(C)C)C(=O)NS(=O)(=O)Oc1ccccc1. The lowest BCUT2D eigenvalue weighted by atomic mass is 9.85. The minimum absolute atomic E-state index is 0.0293. The third-order valence-electron chi connectivity index (χ3n) is 11.8. The number of likely N-dealkylation sites (tertiary alicyclic amines) is 1. The molecule has 2 saturated carbocycles. The van der Waals surface area contributed by atoms with Crippen LogP contribution in [0.25, 0.3) is 22.3 Å². The molecule has 4 aromatic rings. The van der Waals surface area contributed by atoms with Gasteiger partial charge in [0.1, 0.15) is 57.8 Å². The van der Waals surface area contributed by atoms with Gasteiger partial charge in [-0.15, -0.1) is 11.3 Å². The van der Waals surface area contributed by atoms with E-state index >= 15 is 0 Å². The van der Waals surface area contributed by atoms with Crippen molar-refractivity contribution in [2.45, 2.75) is 116 Å². The van der Waals surface area contributed by atoms with Gasteiger partial charge in [-0.1, -0.05) is 62.7 Å². The quantitative estimate of drug-likeness (QED) is 0.0821. The molecule has 0 bridgehead atoms. The molecular weight excluding hydrogens is 910 g/mol. The third-order valence-corrected chi connectivity index (χ3v) is 13.8. The van der Waals surface area contributed by atoms with Gasteiger partial charge in [0.25, 0.3) is 5.91 Å². The van der Waals surface area contributed by atoms with Crippen LogP contribution >= 0.6 is 22.9 Å². The smallest absolute Gasteiger partial charge is 0.409 e. The lowest BCUT2D eigenvalue weighted by Gasteiger charge is -2.35. The van der Waals surface area contributed by atoms with E-state index in [4.69, 9.17) is 40.0 Å². The Bertz CT molecular complexity index is 2620. The zero-order chi connectivity index (χ0) is 47.7. The van der Waals surface area contributed by atoms with E-state index in [-0.39, 0.29) is 42.3 Å². The number of carbonyl (C=O) groups excluding carboxylic acids is 4. The molecule has 0 unspecified atom stereocenters. The average Bonchev–Trinajstić information content (AvgIpc) is 3.62. The normalized spacial score (nSPS) is 21.2. The Labute approximate surface area is 393 Å². The second-order valence-corrected chi connectivity index (χ2v) is 20.9. The molecule has 7 rings (SSSR count). The summed E-state index contributed by atoms with van der Waals surface area (Å²) in [7, 11) is -3.20. The van der Waals surface area contributed by atoms with E-state index in [1.165, 1.54) is 35.5 Å². The number of nitrogens with one attached hydrogen (secondary N) is 4. The number of halogens is 1. The highest BCUT2D eigenvalue weighted by molar-refractivity contribution is 7.85. The van der Waals surface area contributed by atoms with Crippen molar-refractivity contribution in [1.82, 2.24) is 30.2 Å². The molecule has 66 heavy (non-hydrogen) atoms. The maximum absolute atomic E-state index is 14.9. The number of methoxy groups -OCH3 is 1. The fraction of sp³-hybridized carbons (Fsp3) is 0.478. The summed E-state index contributed by atoms with van der Waals surface area (Å²) in [5, 5.41) is 12.2. The molecule has 2 aromatic carbocycles. The van der Waals surface area contributed by atoms with E-state index in [0.29, 0.717) is 44.5 Å². The van der Waals surface area contributed by atoms with Crippen molar-refractivity contribution in [3.8, 4) is 28.6 Å². The first-order valence-corrected chi connectivity index (χ1v) is 24.5. The summed E-state index contributed by atoms with van der Waals surface area (Å²) >= 11 is 8.27. The number of thiazole rings is 1. The molecule has 1 saturated heterocycles. The summed E-state index contributed by atoms with van der Waals surface area (Å²) in [5.74, 6) is -2.35. The number of rotatable bonds is 16. The molecule has 5 atom stereocenters. The van der Waals surface area contributed by atoms with E-state index in [0.717, 1.165) is 25.7 Å². The van der Waals surface area contributed by atoms with Gasteiger partial charge in [0, 0.05) is 35.2 Å². The summed E-state index contributed by atoms with van der Waals surface area (Å²) in [6.45, 7) is 14.9. The fourth-order valence-electron chi connectivity index (χ4n) is 8.41. The zero-order valence-electron chi connectivity index (χ0n) is 37.9. The van der Waals surface area contributed by atoms with Crippen LogP contribution in [-0.4, -0.2) is 96.6 Å². The molecule has 0 spiro atoms. The van der Waals surface area contributed by atoms with Crippen LogP contribution in [0.15, 0.2) is 66.1 Å². The topological polar surface area (TPSA) is 216 Å². The van der Waals surface area contributed by atoms with Gasteiger partial charge in [-0.05, 0) is 82.6 Å². The first-order chi connectivity index (χ1) is 31.2. The van der Waals surface area contributed by atoms with E-state index in [9.17, 15) is 27.6 Å². The number of anilines is 1. The monoisotopic (exact) mass is 965 g/mol. The van der Waals surface area contributed by atoms with Gasteiger partial charge in [-0.25, -0.2) is 19.5 Å². The molecule has 3 aliphatic rings. The lowest BCUT2D eigenvalue weighted by molar-refractivity contribution is -0.143. The van der Waals surface area contributed by atoms with Crippen LogP contribution in [0.1, 0.15) is 80.1 Å². The summed E-state index contributed by atoms with van der Waals surface area (Å²) in [5.41, 5.74) is -0.741. The Hall–Kier alpha value is -5.66. The van der Waals surface area contributed by atoms with Gasteiger partial charge in [-0.3, -0.25) is 14.4 Å². The van der Waals surface area contributed by atoms with Crippen molar-refractivity contribution in [3.63, 3.8) is 0 Å². The summed E-state index contributed by atoms with van der Waals surface area (Å²) in [6.07, 6.45) is 1.38. The van der Waals surface area contributed by atoms with Crippen molar-refractivity contribution >= 4 is 73.1 Å². The molecule has 17 nitrogen and oxygen atoms in total. The van der Waals surface area contributed by atoms with Gasteiger partial charge >= 0.3 is 16.4 Å². The van der Waals surface area contributed by atoms with Crippen molar-refractivity contribution in [1.29, 1.82) is 0 Å². The molecule has 3 fully saturated rings. The Morgan fingerprint density at radius 3 is 2.35 bits per heavy atom. The lowest BCUT2D eigenvalue weighted by Crippen LogP contribution is -2.60. The zero-order valence-corrected chi connectivity index (χ0v) is 40.3. The molecule has 0 radical (unpaired) electrons. The van der Waals surface area contributed by atoms with Gasteiger partial charge in [-0.2, -0.15) is 8.42 Å². The number of carbonyl (C=O) groups is 4. The van der Waals surface area contributed by atoms with E-state index in [1.54, 1.807) is 64.1 Å². The maximum atomic E-state index is 14.9. The van der Waals surface area contributed by atoms with Crippen molar-refractivity contribution in [2.75, 3.05) is 19.0 Å². The van der Waals surface area contributed by atoms with Gasteiger partial charge < -0.3 is 39.2 Å². The number of alkyl carbamates (subject to hydrolysis) is 1. The number of benzene rings is 2. The van der Waals surface area contributed by atoms with E-state index < -0.39 is 69.2 Å². The van der Waals surface area contributed by atoms with Crippen molar-refractivity contribution in [2.24, 2.45) is 11.3 Å². The van der Waals surface area contributed by atoms with Crippen LogP contribution in [0.4, 0.5) is 9.93 Å². The molecule has 4 N–H and O–H groups in total. The molecule has 20 heteroatoms. The number of hydrogen-bond acceptors (Lipinski definition) is 14. The molecule has 4 amide bonds. The van der Waals surface area contributed by atoms with Gasteiger partial charge in [0.2, 0.25) is 11.8 Å². The number of amides is 4. The molecule has 354 valence electrons. The number of fused-ring (bicyclic) bond motifs is 1.